The van der Waals surface area contributed by atoms with E-state index in [9.17, 15) is 9.59 Å². The van der Waals surface area contributed by atoms with Gasteiger partial charge in [0, 0.05) is 5.56 Å². The lowest BCUT2D eigenvalue weighted by molar-refractivity contribution is -0.120. The van der Waals surface area contributed by atoms with E-state index in [1.807, 2.05) is 36.4 Å². The van der Waals surface area contributed by atoms with Gasteiger partial charge in [-0.1, -0.05) is 30.3 Å². The molecule has 0 aliphatic heterocycles. The predicted octanol–water partition coefficient (Wildman–Crippen LogP) is 2.48. The number of amides is 2. The number of carbonyl (C=O) groups excluding carboxylic acids is 2. The SMILES string of the molecule is O=C(CNC(=O)c1ccc2ccccc2c1)NCc1ccco1. The molecule has 1 heterocycles. The Kier molecular flexibility index (Phi) is 4.38. The molecule has 0 fully saturated rings. The van der Waals surface area contributed by atoms with Gasteiger partial charge in [0.25, 0.3) is 5.91 Å². The summed E-state index contributed by atoms with van der Waals surface area (Å²) in [5.74, 6) is 0.124. The Morgan fingerprint density at radius 1 is 0.913 bits per heavy atom. The fraction of sp³-hybridized carbons (Fsp3) is 0.111. The molecule has 0 aliphatic carbocycles. The maximum atomic E-state index is 12.1. The van der Waals surface area contributed by atoms with Crippen molar-refractivity contribution < 1.29 is 14.0 Å². The molecule has 0 saturated carbocycles. The van der Waals surface area contributed by atoms with Crippen LogP contribution < -0.4 is 10.6 Å². The van der Waals surface area contributed by atoms with Crippen molar-refractivity contribution in [2.24, 2.45) is 0 Å². The van der Waals surface area contributed by atoms with Crippen LogP contribution in [-0.2, 0) is 11.3 Å². The second-order valence-electron chi connectivity index (χ2n) is 5.10. The zero-order valence-electron chi connectivity index (χ0n) is 12.4. The molecule has 2 N–H and O–H groups in total. The standard InChI is InChI=1S/C18H16N2O3/c21-17(19-11-16-6-3-9-23-16)12-20-18(22)15-8-7-13-4-1-2-5-14(13)10-15/h1-10H,11-12H2,(H,19,21)(H,20,22). The van der Waals surface area contributed by atoms with Crippen LogP contribution in [0.1, 0.15) is 16.1 Å². The normalized spacial score (nSPS) is 10.4. The van der Waals surface area contributed by atoms with E-state index in [1.54, 1.807) is 24.5 Å². The molecular weight excluding hydrogens is 292 g/mol. The molecule has 3 aromatic rings. The van der Waals surface area contributed by atoms with E-state index in [0.717, 1.165) is 10.8 Å². The molecule has 0 atom stereocenters. The Labute approximate surface area is 133 Å². The minimum atomic E-state index is -0.274. The van der Waals surface area contributed by atoms with Gasteiger partial charge in [0.1, 0.15) is 5.76 Å². The quantitative estimate of drug-likeness (QED) is 0.760. The topological polar surface area (TPSA) is 71.3 Å². The lowest BCUT2D eigenvalue weighted by Gasteiger charge is -2.07. The van der Waals surface area contributed by atoms with Gasteiger partial charge in [-0.05, 0) is 35.0 Å². The monoisotopic (exact) mass is 308 g/mol. The van der Waals surface area contributed by atoms with E-state index in [4.69, 9.17) is 4.42 Å². The summed E-state index contributed by atoms with van der Waals surface area (Å²) < 4.78 is 5.12. The number of carbonyl (C=O) groups is 2. The van der Waals surface area contributed by atoms with Crippen LogP contribution >= 0.6 is 0 Å². The fourth-order valence-electron chi connectivity index (χ4n) is 2.25. The van der Waals surface area contributed by atoms with Gasteiger partial charge in [0.15, 0.2) is 0 Å². The van der Waals surface area contributed by atoms with E-state index in [-0.39, 0.29) is 18.4 Å². The molecule has 0 aliphatic rings. The van der Waals surface area contributed by atoms with Crippen molar-refractivity contribution in [3.8, 4) is 0 Å². The average molecular weight is 308 g/mol. The van der Waals surface area contributed by atoms with Gasteiger partial charge in [0.2, 0.25) is 5.91 Å². The molecule has 0 radical (unpaired) electrons. The highest BCUT2D eigenvalue weighted by Gasteiger charge is 2.09. The van der Waals surface area contributed by atoms with Crippen LogP contribution in [0, 0.1) is 0 Å². The summed E-state index contributed by atoms with van der Waals surface area (Å²) in [6, 6.07) is 16.8. The molecule has 0 spiro atoms. The van der Waals surface area contributed by atoms with E-state index in [1.165, 1.54) is 0 Å². The zero-order valence-corrected chi connectivity index (χ0v) is 12.4. The summed E-state index contributed by atoms with van der Waals surface area (Å²) in [7, 11) is 0. The molecule has 23 heavy (non-hydrogen) atoms. The largest absolute Gasteiger partial charge is 0.467 e. The van der Waals surface area contributed by atoms with Gasteiger partial charge in [-0.2, -0.15) is 0 Å². The summed E-state index contributed by atoms with van der Waals surface area (Å²) in [6.45, 7) is 0.226. The Balaban J connectivity index is 1.54. The first kappa shape index (κ1) is 14.8. The number of fused-ring (bicyclic) bond motifs is 1. The number of rotatable bonds is 5. The predicted molar refractivity (Wildman–Crippen MR) is 86.8 cm³/mol. The van der Waals surface area contributed by atoms with Crippen LogP contribution in [0.3, 0.4) is 0 Å². The lowest BCUT2D eigenvalue weighted by atomic mass is 10.1. The van der Waals surface area contributed by atoms with Crippen molar-refractivity contribution in [3.63, 3.8) is 0 Å². The van der Waals surface area contributed by atoms with Gasteiger partial charge in [-0.25, -0.2) is 0 Å². The van der Waals surface area contributed by atoms with Crippen molar-refractivity contribution >= 4 is 22.6 Å². The molecule has 1 aromatic heterocycles. The summed E-state index contributed by atoms with van der Waals surface area (Å²) in [5.41, 5.74) is 0.530. The third-order valence-corrected chi connectivity index (χ3v) is 3.46. The second-order valence-corrected chi connectivity index (χ2v) is 5.10. The minimum Gasteiger partial charge on any atom is -0.467 e. The first-order valence-electron chi connectivity index (χ1n) is 7.28. The van der Waals surface area contributed by atoms with Crippen molar-refractivity contribution in [3.05, 3.63) is 72.2 Å². The smallest absolute Gasteiger partial charge is 0.251 e. The fourth-order valence-corrected chi connectivity index (χ4v) is 2.25. The Bertz CT molecular complexity index is 825. The number of nitrogens with one attached hydrogen (secondary N) is 2. The first-order chi connectivity index (χ1) is 11.2. The van der Waals surface area contributed by atoms with Crippen LogP contribution in [-0.4, -0.2) is 18.4 Å². The number of furan rings is 1. The number of benzene rings is 2. The molecule has 2 amide bonds. The highest BCUT2D eigenvalue weighted by atomic mass is 16.3. The molecule has 2 aromatic carbocycles. The number of hydrogen-bond donors (Lipinski definition) is 2. The van der Waals surface area contributed by atoms with Crippen LogP contribution in [0.2, 0.25) is 0 Å². The molecule has 0 saturated heterocycles. The summed E-state index contributed by atoms with van der Waals surface area (Å²) in [4.78, 5) is 23.8. The van der Waals surface area contributed by atoms with Crippen molar-refractivity contribution in [1.29, 1.82) is 0 Å². The Morgan fingerprint density at radius 3 is 2.52 bits per heavy atom. The Hall–Kier alpha value is -3.08. The Morgan fingerprint density at radius 2 is 1.74 bits per heavy atom. The zero-order chi connectivity index (χ0) is 16.1. The van der Waals surface area contributed by atoms with E-state index in [2.05, 4.69) is 10.6 Å². The third kappa shape index (κ3) is 3.77. The highest BCUT2D eigenvalue weighted by molar-refractivity contribution is 5.99. The van der Waals surface area contributed by atoms with Crippen LogP contribution in [0.25, 0.3) is 10.8 Å². The molecular formula is C18H16N2O3. The van der Waals surface area contributed by atoms with Crippen LogP contribution in [0.5, 0.6) is 0 Å². The third-order valence-electron chi connectivity index (χ3n) is 3.46. The van der Waals surface area contributed by atoms with Gasteiger partial charge >= 0.3 is 0 Å². The average Bonchev–Trinajstić information content (AvgIpc) is 3.11. The second kappa shape index (κ2) is 6.79. The maximum absolute atomic E-state index is 12.1. The molecule has 3 rings (SSSR count). The lowest BCUT2D eigenvalue weighted by Crippen LogP contribution is -2.36. The summed E-state index contributed by atoms with van der Waals surface area (Å²) in [5, 5.41) is 7.34. The van der Waals surface area contributed by atoms with Crippen LogP contribution in [0.15, 0.2) is 65.3 Å². The molecule has 0 unspecified atom stereocenters. The highest BCUT2D eigenvalue weighted by Crippen LogP contribution is 2.15. The first-order valence-corrected chi connectivity index (χ1v) is 7.28. The van der Waals surface area contributed by atoms with E-state index in [0.29, 0.717) is 17.9 Å². The molecule has 0 bridgehead atoms. The molecule has 5 nitrogen and oxygen atoms in total. The van der Waals surface area contributed by atoms with Crippen molar-refractivity contribution in [1.82, 2.24) is 10.6 Å². The maximum Gasteiger partial charge on any atom is 0.251 e. The van der Waals surface area contributed by atoms with Gasteiger partial charge in [-0.3, -0.25) is 9.59 Å². The van der Waals surface area contributed by atoms with E-state index < -0.39 is 0 Å². The summed E-state index contributed by atoms with van der Waals surface area (Å²) >= 11 is 0. The van der Waals surface area contributed by atoms with Gasteiger partial charge in [0.05, 0.1) is 19.4 Å². The minimum absolute atomic E-state index is 0.0770. The molecule has 5 heteroatoms. The van der Waals surface area contributed by atoms with E-state index >= 15 is 0 Å². The van der Waals surface area contributed by atoms with Gasteiger partial charge in [-0.15, -0.1) is 0 Å². The number of hydrogen-bond acceptors (Lipinski definition) is 3. The van der Waals surface area contributed by atoms with Crippen LogP contribution in [0.4, 0.5) is 0 Å². The van der Waals surface area contributed by atoms with Gasteiger partial charge < -0.3 is 15.1 Å². The van der Waals surface area contributed by atoms with Crippen molar-refractivity contribution in [2.75, 3.05) is 6.54 Å². The summed E-state index contributed by atoms with van der Waals surface area (Å²) in [6.07, 6.45) is 1.54. The van der Waals surface area contributed by atoms with Crippen molar-refractivity contribution in [2.45, 2.75) is 6.54 Å². The molecule has 116 valence electrons.